The number of pyridine rings is 1. The number of amides is 2. The van der Waals surface area contributed by atoms with Gasteiger partial charge in [0.1, 0.15) is 23.1 Å². The van der Waals surface area contributed by atoms with E-state index >= 15 is 0 Å². The topological polar surface area (TPSA) is 63.7 Å². The molecule has 6 nitrogen and oxygen atoms in total. The van der Waals surface area contributed by atoms with Gasteiger partial charge in [-0.3, -0.25) is 4.98 Å². The standard InChI is InChI=1S/C22H23N3O3/c1-27-19-9-3-2-8-18(19)24-22(26)25-14-11-17(12-15-25)28-20-10-4-6-16-7-5-13-23-21(16)20/h2-10,13,17H,11-12,14-15H2,1H3,(H,24,26). The summed E-state index contributed by atoms with van der Waals surface area (Å²) < 4.78 is 11.5. The van der Waals surface area contributed by atoms with Gasteiger partial charge in [0, 0.05) is 37.5 Å². The molecule has 1 aromatic heterocycles. The number of anilines is 1. The lowest BCUT2D eigenvalue weighted by molar-refractivity contribution is 0.116. The number of rotatable bonds is 4. The number of benzene rings is 2. The molecular weight excluding hydrogens is 354 g/mol. The number of carbonyl (C=O) groups is 1. The zero-order chi connectivity index (χ0) is 19.3. The number of fused-ring (bicyclic) bond motifs is 1. The smallest absolute Gasteiger partial charge is 0.321 e. The first-order valence-corrected chi connectivity index (χ1v) is 9.44. The molecule has 28 heavy (non-hydrogen) atoms. The van der Waals surface area contributed by atoms with E-state index in [0.29, 0.717) is 24.5 Å². The van der Waals surface area contributed by atoms with Crippen molar-refractivity contribution in [1.82, 2.24) is 9.88 Å². The molecular formula is C22H23N3O3. The maximum Gasteiger partial charge on any atom is 0.321 e. The lowest BCUT2D eigenvalue weighted by Crippen LogP contribution is -2.43. The Labute approximate surface area is 164 Å². The Kier molecular flexibility index (Phi) is 5.28. The third-order valence-corrected chi connectivity index (χ3v) is 4.97. The average Bonchev–Trinajstić information content (AvgIpc) is 2.75. The molecule has 1 fully saturated rings. The first kappa shape index (κ1) is 18.1. The van der Waals surface area contributed by atoms with E-state index in [1.807, 2.05) is 59.5 Å². The number of nitrogens with one attached hydrogen (secondary N) is 1. The van der Waals surface area contributed by atoms with Crippen molar-refractivity contribution >= 4 is 22.6 Å². The number of nitrogens with zero attached hydrogens (tertiary/aromatic N) is 2. The summed E-state index contributed by atoms with van der Waals surface area (Å²) in [6.07, 6.45) is 3.41. The molecule has 0 radical (unpaired) electrons. The number of hydrogen-bond donors (Lipinski definition) is 1. The number of ether oxygens (including phenoxy) is 2. The van der Waals surface area contributed by atoms with Gasteiger partial charge >= 0.3 is 6.03 Å². The number of piperidine rings is 1. The maximum atomic E-state index is 12.6. The van der Waals surface area contributed by atoms with E-state index < -0.39 is 0 Å². The molecule has 144 valence electrons. The van der Waals surface area contributed by atoms with E-state index in [4.69, 9.17) is 9.47 Å². The van der Waals surface area contributed by atoms with E-state index in [1.165, 1.54) is 0 Å². The highest BCUT2D eigenvalue weighted by molar-refractivity contribution is 5.91. The zero-order valence-electron chi connectivity index (χ0n) is 15.8. The summed E-state index contributed by atoms with van der Waals surface area (Å²) in [6.45, 7) is 1.29. The Morgan fingerprint density at radius 3 is 2.61 bits per heavy atom. The summed E-state index contributed by atoms with van der Waals surface area (Å²) in [5.74, 6) is 1.45. The molecule has 0 saturated carbocycles. The van der Waals surface area contributed by atoms with Gasteiger partial charge in [0.05, 0.1) is 12.8 Å². The van der Waals surface area contributed by atoms with E-state index in [2.05, 4.69) is 10.3 Å². The molecule has 1 N–H and O–H groups in total. The Balaban J connectivity index is 1.36. The van der Waals surface area contributed by atoms with E-state index in [-0.39, 0.29) is 12.1 Å². The zero-order valence-corrected chi connectivity index (χ0v) is 15.8. The first-order chi connectivity index (χ1) is 13.7. The molecule has 0 atom stereocenters. The van der Waals surface area contributed by atoms with Crippen molar-refractivity contribution in [3.8, 4) is 11.5 Å². The minimum atomic E-state index is -0.116. The largest absolute Gasteiger partial charge is 0.495 e. The van der Waals surface area contributed by atoms with Gasteiger partial charge in [-0.2, -0.15) is 0 Å². The molecule has 2 aromatic carbocycles. The molecule has 2 amide bonds. The molecule has 1 saturated heterocycles. The van der Waals surface area contributed by atoms with Crippen molar-refractivity contribution in [2.75, 3.05) is 25.5 Å². The third kappa shape index (κ3) is 3.86. The second-order valence-corrected chi connectivity index (χ2v) is 6.77. The molecule has 3 aromatic rings. The minimum absolute atomic E-state index is 0.0721. The van der Waals surface area contributed by atoms with Crippen LogP contribution in [0.25, 0.3) is 10.9 Å². The molecule has 2 heterocycles. The summed E-state index contributed by atoms with van der Waals surface area (Å²) >= 11 is 0. The predicted molar refractivity (Wildman–Crippen MR) is 109 cm³/mol. The van der Waals surface area contributed by atoms with Crippen molar-refractivity contribution in [2.45, 2.75) is 18.9 Å². The van der Waals surface area contributed by atoms with E-state index in [0.717, 1.165) is 29.5 Å². The van der Waals surface area contributed by atoms with Gasteiger partial charge in [-0.15, -0.1) is 0 Å². The molecule has 0 bridgehead atoms. The van der Waals surface area contributed by atoms with Gasteiger partial charge in [0.2, 0.25) is 0 Å². The van der Waals surface area contributed by atoms with Gasteiger partial charge in [0.25, 0.3) is 0 Å². The summed E-state index contributed by atoms with van der Waals surface area (Å²) in [7, 11) is 1.59. The SMILES string of the molecule is COc1ccccc1NC(=O)N1CCC(Oc2cccc3cccnc23)CC1. The van der Waals surface area contributed by atoms with Gasteiger partial charge in [0.15, 0.2) is 0 Å². The van der Waals surface area contributed by atoms with Crippen molar-refractivity contribution in [1.29, 1.82) is 0 Å². The van der Waals surface area contributed by atoms with Crippen LogP contribution in [0.2, 0.25) is 0 Å². The van der Waals surface area contributed by atoms with Crippen LogP contribution in [-0.2, 0) is 0 Å². The molecule has 4 rings (SSSR count). The Morgan fingerprint density at radius 1 is 1.04 bits per heavy atom. The number of hydrogen-bond acceptors (Lipinski definition) is 4. The normalized spacial score (nSPS) is 14.7. The van der Waals surface area contributed by atoms with Crippen LogP contribution < -0.4 is 14.8 Å². The fourth-order valence-electron chi connectivity index (χ4n) is 3.47. The van der Waals surface area contributed by atoms with Crippen LogP contribution in [0.4, 0.5) is 10.5 Å². The molecule has 6 heteroatoms. The highest BCUT2D eigenvalue weighted by Gasteiger charge is 2.25. The van der Waals surface area contributed by atoms with Crippen LogP contribution in [-0.4, -0.2) is 42.2 Å². The predicted octanol–water partition coefficient (Wildman–Crippen LogP) is 4.32. The monoisotopic (exact) mass is 377 g/mol. The molecule has 1 aliphatic rings. The van der Waals surface area contributed by atoms with Gasteiger partial charge in [-0.25, -0.2) is 4.79 Å². The molecule has 0 aliphatic carbocycles. The first-order valence-electron chi connectivity index (χ1n) is 9.44. The number of carbonyl (C=O) groups excluding carboxylic acids is 1. The van der Waals surface area contributed by atoms with Crippen LogP contribution >= 0.6 is 0 Å². The quantitative estimate of drug-likeness (QED) is 0.735. The van der Waals surface area contributed by atoms with Crippen LogP contribution in [0.15, 0.2) is 60.8 Å². The molecule has 1 aliphatic heterocycles. The molecule has 0 spiro atoms. The van der Waals surface area contributed by atoms with Gasteiger partial charge in [-0.1, -0.05) is 30.3 Å². The van der Waals surface area contributed by atoms with Crippen LogP contribution in [0, 0.1) is 0 Å². The van der Waals surface area contributed by atoms with Crippen molar-refractivity contribution in [3.05, 3.63) is 60.8 Å². The van der Waals surface area contributed by atoms with Gasteiger partial charge < -0.3 is 19.7 Å². The number of aromatic nitrogens is 1. The number of para-hydroxylation sites is 3. The highest BCUT2D eigenvalue weighted by atomic mass is 16.5. The summed E-state index contributed by atoms with van der Waals surface area (Å²) in [6, 6.07) is 17.2. The maximum absolute atomic E-state index is 12.6. The lowest BCUT2D eigenvalue weighted by atomic mass is 10.1. The van der Waals surface area contributed by atoms with Crippen molar-refractivity contribution in [2.24, 2.45) is 0 Å². The fourth-order valence-corrected chi connectivity index (χ4v) is 3.47. The number of urea groups is 1. The van der Waals surface area contributed by atoms with Crippen LogP contribution in [0.5, 0.6) is 11.5 Å². The second-order valence-electron chi connectivity index (χ2n) is 6.77. The minimum Gasteiger partial charge on any atom is -0.495 e. The second kappa shape index (κ2) is 8.17. The Bertz CT molecular complexity index is 963. The van der Waals surface area contributed by atoms with Crippen molar-refractivity contribution in [3.63, 3.8) is 0 Å². The van der Waals surface area contributed by atoms with Crippen LogP contribution in [0.1, 0.15) is 12.8 Å². The Morgan fingerprint density at radius 2 is 1.79 bits per heavy atom. The summed E-state index contributed by atoms with van der Waals surface area (Å²) in [5.41, 5.74) is 1.55. The van der Waals surface area contributed by atoms with E-state index in [9.17, 15) is 4.79 Å². The molecule has 0 unspecified atom stereocenters. The lowest BCUT2D eigenvalue weighted by Gasteiger charge is -2.32. The van der Waals surface area contributed by atoms with Crippen molar-refractivity contribution < 1.29 is 14.3 Å². The van der Waals surface area contributed by atoms with E-state index in [1.54, 1.807) is 13.3 Å². The van der Waals surface area contributed by atoms with Crippen LogP contribution in [0.3, 0.4) is 0 Å². The fraction of sp³-hybridized carbons (Fsp3) is 0.273. The number of methoxy groups -OCH3 is 1. The Hall–Kier alpha value is -3.28. The third-order valence-electron chi connectivity index (χ3n) is 4.97. The number of likely N-dealkylation sites (tertiary alicyclic amines) is 1. The summed E-state index contributed by atoms with van der Waals surface area (Å²) in [5, 5.41) is 3.99. The average molecular weight is 377 g/mol. The highest BCUT2D eigenvalue weighted by Crippen LogP contribution is 2.27. The summed E-state index contributed by atoms with van der Waals surface area (Å²) in [4.78, 5) is 18.8. The van der Waals surface area contributed by atoms with Gasteiger partial charge in [-0.05, 0) is 24.3 Å².